The van der Waals surface area contributed by atoms with Crippen LogP contribution in [0.4, 0.5) is 0 Å². The molecule has 0 fully saturated rings. The summed E-state index contributed by atoms with van der Waals surface area (Å²) < 4.78 is 29.1. The number of pyridine rings is 1. The molecule has 2 heterocycles. The molecule has 6 heteroatoms. The van der Waals surface area contributed by atoms with Gasteiger partial charge in [0.15, 0.2) is 5.78 Å². The number of sulfone groups is 1. The van der Waals surface area contributed by atoms with Gasteiger partial charge in [0.1, 0.15) is 4.90 Å². The van der Waals surface area contributed by atoms with Gasteiger partial charge in [-0.15, -0.1) is 0 Å². The lowest BCUT2D eigenvalue weighted by Gasteiger charge is -2.17. The Morgan fingerprint density at radius 2 is 2.04 bits per heavy atom. The summed E-state index contributed by atoms with van der Waals surface area (Å²) in [6.45, 7) is 3.99. The maximum absolute atomic E-state index is 13.6. The first-order valence-corrected chi connectivity index (χ1v) is 11.3. The van der Waals surface area contributed by atoms with Crippen molar-refractivity contribution in [3.05, 3.63) is 58.8 Å². The molecule has 1 aliphatic carbocycles. The molecule has 0 N–H and O–H groups in total. The third kappa shape index (κ3) is 3.45. The molecule has 0 atom stereocenters. The molecule has 0 spiro atoms. The first-order chi connectivity index (χ1) is 12.4. The molecule has 0 aliphatic heterocycles. The summed E-state index contributed by atoms with van der Waals surface area (Å²) in [7, 11) is -3.72. The highest BCUT2D eigenvalue weighted by Crippen LogP contribution is 2.37. The highest BCUT2D eigenvalue weighted by molar-refractivity contribution is 9.09. The predicted octanol–water partition coefficient (Wildman–Crippen LogP) is 4.79. The fourth-order valence-electron chi connectivity index (χ4n) is 3.32. The van der Waals surface area contributed by atoms with E-state index in [0.717, 1.165) is 17.3 Å². The normalized spacial score (nSPS) is 15.5. The van der Waals surface area contributed by atoms with Crippen LogP contribution in [0, 0.1) is 0 Å². The quantitative estimate of drug-likeness (QED) is 0.612. The van der Waals surface area contributed by atoms with E-state index in [9.17, 15) is 13.2 Å². The van der Waals surface area contributed by atoms with Crippen molar-refractivity contribution in [1.82, 2.24) is 4.40 Å². The molecule has 138 valence electrons. The van der Waals surface area contributed by atoms with E-state index in [1.165, 1.54) is 6.08 Å². The van der Waals surface area contributed by atoms with E-state index < -0.39 is 9.84 Å². The average Bonchev–Trinajstić information content (AvgIpc) is 3.00. The van der Waals surface area contributed by atoms with Crippen molar-refractivity contribution >= 4 is 37.1 Å². The largest absolute Gasteiger partial charge is 0.322 e. The van der Waals surface area contributed by atoms with E-state index in [1.807, 2.05) is 48.8 Å². The van der Waals surface area contributed by atoms with Crippen LogP contribution >= 0.6 is 15.9 Å². The number of fused-ring (bicyclic) bond motifs is 1. The molecule has 26 heavy (non-hydrogen) atoms. The Bertz CT molecular complexity index is 1010. The predicted molar refractivity (Wildman–Crippen MR) is 107 cm³/mol. The minimum absolute atomic E-state index is 0.0423. The number of hydrogen-bond acceptors (Lipinski definition) is 3. The third-order valence-electron chi connectivity index (χ3n) is 4.56. The monoisotopic (exact) mass is 435 g/mol. The number of alkyl halides is 1. The number of nitrogens with zero attached hydrogens (tertiary/aromatic N) is 1. The van der Waals surface area contributed by atoms with Crippen LogP contribution < -0.4 is 0 Å². The molecular formula is C20H22BrNO3S. The van der Waals surface area contributed by atoms with Gasteiger partial charge in [0, 0.05) is 24.1 Å². The van der Waals surface area contributed by atoms with E-state index in [-0.39, 0.29) is 23.0 Å². The zero-order valence-electron chi connectivity index (χ0n) is 14.9. The smallest absolute Gasteiger partial charge is 0.208 e. The molecule has 0 saturated heterocycles. The van der Waals surface area contributed by atoms with Gasteiger partial charge in [-0.1, -0.05) is 41.9 Å². The Labute approximate surface area is 162 Å². The van der Waals surface area contributed by atoms with Crippen molar-refractivity contribution in [1.29, 1.82) is 0 Å². The van der Waals surface area contributed by atoms with Gasteiger partial charge < -0.3 is 4.40 Å². The minimum atomic E-state index is -3.72. The summed E-state index contributed by atoms with van der Waals surface area (Å²) in [5.74, 6) is 0.0276. The summed E-state index contributed by atoms with van der Waals surface area (Å²) >= 11 is 3.38. The summed E-state index contributed by atoms with van der Waals surface area (Å²) in [5, 5.41) is 0.762. The van der Waals surface area contributed by atoms with Crippen molar-refractivity contribution < 1.29 is 13.2 Å². The first kappa shape index (κ1) is 19.1. The van der Waals surface area contributed by atoms with Gasteiger partial charge in [0.05, 0.1) is 10.4 Å². The van der Waals surface area contributed by atoms with Crippen LogP contribution in [0.3, 0.4) is 0 Å². The van der Waals surface area contributed by atoms with E-state index in [1.54, 1.807) is 6.08 Å². The second-order valence-electron chi connectivity index (χ2n) is 6.77. The Balaban J connectivity index is 2.19. The van der Waals surface area contributed by atoms with Crippen molar-refractivity contribution in [2.75, 3.05) is 5.33 Å². The molecule has 1 aliphatic rings. The van der Waals surface area contributed by atoms with Crippen LogP contribution in [0.1, 0.15) is 44.6 Å². The minimum Gasteiger partial charge on any atom is -0.322 e. The van der Waals surface area contributed by atoms with Gasteiger partial charge in [0.2, 0.25) is 9.84 Å². The molecule has 4 nitrogen and oxygen atoms in total. The SMILES string of the molecule is CC(C)c1cn2ccccc2c1S(=O)(=O)C1=CCC(=O)C=C1CCCBr. The van der Waals surface area contributed by atoms with E-state index >= 15 is 0 Å². The summed E-state index contributed by atoms with van der Waals surface area (Å²) in [5.41, 5.74) is 2.09. The molecule has 0 amide bonds. The Morgan fingerprint density at radius 1 is 1.27 bits per heavy atom. The molecule has 2 aromatic rings. The maximum atomic E-state index is 13.6. The number of carbonyl (C=O) groups excluding carboxylic acids is 1. The van der Waals surface area contributed by atoms with E-state index in [2.05, 4.69) is 15.9 Å². The fraction of sp³-hybridized carbons (Fsp3) is 0.350. The second kappa shape index (κ2) is 7.53. The number of ketones is 1. The zero-order chi connectivity index (χ0) is 18.9. The standard InChI is InChI=1S/C20H22BrNO3S/c1-14(2)17-13-22-11-4-3-7-18(22)20(17)26(24,25)19-9-8-16(23)12-15(19)6-5-10-21/h3-4,7,9,11-14H,5-6,8,10H2,1-2H3. The highest BCUT2D eigenvalue weighted by Gasteiger charge is 2.32. The summed E-state index contributed by atoms with van der Waals surface area (Å²) in [6.07, 6.45) is 8.31. The first-order valence-electron chi connectivity index (χ1n) is 8.71. The van der Waals surface area contributed by atoms with Gasteiger partial charge in [-0.3, -0.25) is 4.79 Å². The van der Waals surface area contributed by atoms with Crippen molar-refractivity contribution in [2.45, 2.75) is 43.9 Å². The lowest BCUT2D eigenvalue weighted by atomic mass is 10.0. The van der Waals surface area contributed by atoms with Gasteiger partial charge in [0.25, 0.3) is 0 Å². The molecule has 0 aromatic carbocycles. The number of carbonyl (C=O) groups is 1. The molecule has 3 rings (SSSR count). The van der Waals surface area contributed by atoms with Crippen LogP contribution in [0.15, 0.2) is 58.1 Å². The topological polar surface area (TPSA) is 55.6 Å². The van der Waals surface area contributed by atoms with Gasteiger partial charge in [-0.05, 0) is 48.1 Å². The second-order valence-corrected chi connectivity index (χ2v) is 9.41. The number of halogens is 1. The summed E-state index contributed by atoms with van der Waals surface area (Å²) in [6, 6.07) is 5.56. The van der Waals surface area contributed by atoms with Crippen molar-refractivity contribution in [3.63, 3.8) is 0 Å². The van der Waals surface area contributed by atoms with E-state index in [4.69, 9.17) is 0 Å². The lowest BCUT2D eigenvalue weighted by molar-refractivity contribution is -0.113. The van der Waals surface area contributed by atoms with Gasteiger partial charge >= 0.3 is 0 Å². The van der Waals surface area contributed by atoms with Crippen LogP contribution in [0.5, 0.6) is 0 Å². The number of allylic oxidation sites excluding steroid dienone is 3. The van der Waals surface area contributed by atoms with Crippen LogP contribution in [-0.4, -0.2) is 23.9 Å². The molecule has 0 saturated carbocycles. The number of aromatic nitrogens is 1. The van der Waals surface area contributed by atoms with Crippen molar-refractivity contribution in [2.24, 2.45) is 0 Å². The molecular weight excluding hydrogens is 414 g/mol. The van der Waals surface area contributed by atoms with Crippen LogP contribution in [-0.2, 0) is 14.6 Å². The molecule has 0 unspecified atom stereocenters. The Morgan fingerprint density at radius 3 is 2.73 bits per heavy atom. The lowest BCUT2D eigenvalue weighted by Crippen LogP contribution is -2.14. The van der Waals surface area contributed by atoms with Crippen LogP contribution in [0.2, 0.25) is 0 Å². The number of hydrogen-bond donors (Lipinski definition) is 0. The maximum Gasteiger partial charge on any atom is 0.208 e. The summed E-state index contributed by atoms with van der Waals surface area (Å²) in [4.78, 5) is 12.5. The molecule has 2 aromatic heterocycles. The van der Waals surface area contributed by atoms with E-state index in [0.29, 0.717) is 22.4 Å². The molecule has 0 bridgehead atoms. The van der Waals surface area contributed by atoms with Gasteiger partial charge in [-0.2, -0.15) is 0 Å². The Kier molecular flexibility index (Phi) is 5.53. The fourth-order valence-corrected chi connectivity index (χ4v) is 5.67. The highest BCUT2D eigenvalue weighted by atomic mass is 79.9. The third-order valence-corrected chi connectivity index (χ3v) is 7.11. The number of rotatable bonds is 6. The van der Waals surface area contributed by atoms with Crippen LogP contribution in [0.25, 0.3) is 5.52 Å². The zero-order valence-corrected chi connectivity index (χ0v) is 17.3. The average molecular weight is 436 g/mol. The van der Waals surface area contributed by atoms with Gasteiger partial charge in [-0.25, -0.2) is 8.42 Å². The Hall–Kier alpha value is -1.66. The van der Waals surface area contributed by atoms with Crippen molar-refractivity contribution in [3.8, 4) is 0 Å². The molecule has 0 radical (unpaired) electrons.